The highest BCUT2D eigenvalue weighted by atomic mass is 32.1. The van der Waals surface area contributed by atoms with Crippen molar-refractivity contribution in [3.63, 3.8) is 0 Å². The minimum Gasteiger partial charge on any atom is -0.480 e. The highest BCUT2D eigenvalue weighted by Crippen LogP contribution is 2.38. The average molecular weight is 488 g/mol. The van der Waals surface area contributed by atoms with Gasteiger partial charge in [0, 0.05) is 16.9 Å². The molecule has 0 saturated carbocycles. The predicted octanol–water partition coefficient (Wildman–Crippen LogP) is 6.24. The highest BCUT2D eigenvalue weighted by molar-refractivity contribution is 7.80. The number of carboxylic acid groups (broad SMARTS) is 1. The van der Waals surface area contributed by atoms with Crippen molar-refractivity contribution in [2.24, 2.45) is 0 Å². The van der Waals surface area contributed by atoms with Crippen molar-refractivity contribution < 1.29 is 14.7 Å². The molecule has 35 heavy (non-hydrogen) atoms. The maximum atomic E-state index is 13.0. The zero-order chi connectivity index (χ0) is 25.1. The predicted molar refractivity (Wildman–Crippen MR) is 144 cm³/mol. The van der Waals surface area contributed by atoms with E-state index in [1.54, 1.807) is 6.07 Å². The first-order valence-electron chi connectivity index (χ1n) is 11.7. The van der Waals surface area contributed by atoms with Crippen molar-refractivity contribution in [1.29, 1.82) is 0 Å². The number of hydrogen-bond acceptors (Lipinski definition) is 3. The van der Waals surface area contributed by atoms with Gasteiger partial charge in [0.2, 0.25) is 0 Å². The van der Waals surface area contributed by atoms with Crippen molar-refractivity contribution in [3.05, 3.63) is 83.4 Å². The summed E-state index contributed by atoms with van der Waals surface area (Å²) in [5.41, 5.74) is 6.38. The Morgan fingerprint density at radius 1 is 1.00 bits per heavy atom. The van der Waals surface area contributed by atoms with E-state index in [4.69, 9.17) is 12.2 Å². The van der Waals surface area contributed by atoms with Crippen molar-refractivity contribution in [3.8, 4) is 11.1 Å². The van der Waals surface area contributed by atoms with Crippen LogP contribution < -0.4 is 10.6 Å². The largest absolute Gasteiger partial charge is 0.480 e. The van der Waals surface area contributed by atoms with Crippen LogP contribution in [-0.2, 0) is 4.79 Å². The number of carbonyl (C=O) groups excluding carboxylic acids is 1. The maximum Gasteiger partial charge on any atom is 0.326 e. The highest BCUT2D eigenvalue weighted by Gasteiger charge is 2.40. The third kappa shape index (κ3) is 5.20. The minimum atomic E-state index is -0.960. The smallest absolute Gasteiger partial charge is 0.326 e. The van der Waals surface area contributed by atoms with Crippen LogP contribution in [0.25, 0.3) is 11.1 Å². The molecule has 1 amide bonds. The van der Waals surface area contributed by atoms with Gasteiger partial charge in [0.1, 0.15) is 6.04 Å². The van der Waals surface area contributed by atoms with Crippen LogP contribution >= 0.6 is 12.2 Å². The second-order valence-corrected chi connectivity index (χ2v) is 9.26. The van der Waals surface area contributed by atoms with E-state index >= 15 is 0 Å². The number of amides is 1. The number of fused-ring (bicyclic) bond motifs is 1. The minimum absolute atomic E-state index is 0.214. The van der Waals surface area contributed by atoms with Gasteiger partial charge in [-0.15, -0.1) is 0 Å². The van der Waals surface area contributed by atoms with Crippen LogP contribution in [0.3, 0.4) is 0 Å². The fourth-order valence-electron chi connectivity index (χ4n) is 4.49. The van der Waals surface area contributed by atoms with Gasteiger partial charge < -0.3 is 20.6 Å². The van der Waals surface area contributed by atoms with E-state index in [0.29, 0.717) is 23.5 Å². The van der Waals surface area contributed by atoms with Crippen molar-refractivity contribution >= 4 is 40.6 Å². The number of aryl methyl sites for hydroxylation is 1. The number of nitrogens with one attached hydrogen (secondary N) is 2. The first kappa shape index (κ1) is 24.4. The molecule has 1 heterocycles. The van der Waals surface area contributed by atoms with Gasteiger partial charge >= 0.3 is 5.97 Å². The molecule has 3 aromatic rings. The Morgan fingerprint density at radius 2 is 1.57 bits per heavy atom. The number of aliphatic carboxylic acids is 1. The number of hydrogen-bond donors (Lipinski definition) is 3. The molecular weight excluding hydrogens is 458 g/mol. The van der Waals surface area contributed by atoms with Gasteiger partial charge in [-0.05, 0) is 85.6 Å². The topological polar surface area (TPSA) is 81.7 Å². The molecule has 0 saturated heterocycles. The molecule has 6 nitrogen and oxygen atoms in total. The zero-order valence-electron chi connectivity index (χ0n) is 20.0. The normalized spacial score (nSPS) is 15.5. The molecule has 0 aromatic heterocycles. The Bertz CT molecular complexity index is 1260. The van der Waals surface area contributed by atoms with Gasteiger partial charge in [0.05, 0.1) is 6.04 Å². The molecule has 0 fully saturated rings. The number of carboxylic acids is 1. The van der Waals surface area contributed by atoms with E-state index in [1.165, 1.54) is 10.5 Å². The molecule has 0 radical (unpaired) electrons. The van der Waals surface area contributed by atoms with Gasteiger partial charge in [-0.1, -0.05) is 49.2 Å². The van der Waals surface area contributed by atoms with Crippen LogP contribution in [0.2, 0.25) is 0 Å². The van der Waals surface area contributed by atoms with E-state index in [0.717, 1.165) is 28.1 Å². The molecule has 3 N–H and O–H groups in total. The number of thiocarbonyl (C=S) groups is 1. The van der Waals surface area contributed by atoms with Crippen LogP contribution in [-0.4, -0.2) is 33.0 Å². The lowest BCUT2D eigenvalue weighted by Gasteiger charge is -2.28. The van der Waals surface area contributed by atoms with Gasteiger partial charge in [0.15, 0.2) is 5.11 Å². The fraction of sp³-hybridized carbons (Fsp3) is 0.250. The van der Waals surface area contributed by atoms with Crippen LogP contribution in [0.1, 0.15) is 54.2 Å². The van der Waals surface area contributed by atoms with Crippen molar-refractivity contribution in [1.82, 2.24) is 4.90 Å². The maximum absolute atomic E-state index is 13.0. The number of rotatable bonds is 7. The first-order chi connectivity index (χ1) is 16.8. The Balaban J connectivity index is 1.48. The van der Waals surface area contributed by atoms with E-state index in [9.17, 15) is 14.7 Å². The third-order valence-electron chi connectivity index (χ3n) is 6.35. The lowest BCUT2D eigenvalue weighted by Crippen LogP contribution is -2.42. The molecule has 180 valence electrons. The Kier molecular flexibility index (Phi) is 7.17. The summed E-state index contributed by atoms with van der Waals surface area (Å²) in [5.74, 6) is -1.17. The third-order valence-corrected chi connectivity index (χ3v) is 6.56. The molecule has 0 spiro atoms. The van der Waals surface area contributed by atoms with E-state index in [-0.39, 0.29) is 11.9 Å². The second-order valence-electron chi connectivity index (χ2n) is 8.86. The molecule has 2 atom stereocenters. The van der Waals surface area contributed by atoms with Crippen LogP contribution in [0.4, 0.5) is 11.4 Å². The zero-order valence-corrected chi connectivity index (χ0v) is 20.9. The van der Waals surface area contributed by atoms with Gasteiger partial charge in [-0.3, -0.25) is 4.79 Å². The molecule has 0 aliphatic carbocycles. The lowest BCUT2D eigenvalue weighted by molar-refractivity contribution is -0.143. The monoisotopic (exact) mass is 487 g/mol. The Labute approximate surface area is 211 Å². The van der Waals surface area contributed by atoms with Crippen molar-refractivity contribution in [2.75, 3.05) is 10.6 Å². The SMILES string of the molecule is CCCC(C(=O)O)N1C(=O)c2ccc(-c3ccc(NC(=S)Nc4ccc(C)cc4)cc3)cc2[C@@H]1C. The Morgan fingerprint density at radius 3 is 2.14 bits per heavy atom. The number of nitrogens with zero attached hydrogens (tertiary/aromatic N) is 1. The quantitative estimate of drug-likeness (QED) is 0.342. The van der Waals surface area contributed by atoms with Gasteiger partial charge in [-0.25, -0.2) is 4.79 Å². The molecule has 4 rings (SSSR count). The van der Waals surface area contributed by atoms with Gasteiger partial charge in [0.25, 0.3) is 5.91 Å². The first-order valence-corrected chi connectivity index (χ1v) is 12.1. The summed E-state index contributed by atoms with van der Waals surface area (Å²) in [5, 5.41) is 16.6. The van der Waals surface area contributed by atoms with Crippen LogP contribution in [0.5, 0.6) is 0 Å². The number of carbonyl (C=O) groups is 2. The number of anilines is 2. The summed E-state index contributed by atoms with van der Waals surface area (Å²) in [7, 11) is 0. The number of benzene rings is 3. The summed E-state index contributed by atoms with van der Waals surface area (Å²) in [6.07, 6.45) is 1.13. The van der Waals surface area contributed by atoms with Crippen LogP contribution in [0.15, 0.2) is 66.7 Å². The van der Waals surface area contributed by atoms with Gasteiger partial charge in [-0.2, -0.15) is 0 Å². The standard InChI is InChI=1S/C28H29N3O3S/c1-4-5-25(27(33)34)31-18(3)24-16-20(10-15-23(24)26(31)32)19-8-13-22(14-9-19)30-28(35)29-21-11-6-17(2)7-12-21/h6-16,18,25H,4-5H2,1-3H3,(H,33,34)(H2,29,30,35)/t18-,25?/m0/s1. The van der Waals surface area contributed by atoms with E-state index in [2.05, 4.69) is 10.6 Å². The molecule has 1 aliphatic rings. The average Bonchev–Trinajstić information content (AvgIpc) is 3.08. The van der Waals surface area contributed by atoms with E-state index in [1.807, 2.05) is 81.4 Å². The molecular formula is C28H29N3O3S. The van der Waals surface area contributed by atoms with Crippen molar-refractivity contribution in [2.45, 2.75) is 45.7 Å². The lowest BCUT2D eigenvalue weighted by atomic mass is 9.97. The molecule has 1 aliphatic heterocycles. The molecule has 0 bridgehead atoms. The molecule has 3 aromatic carbocycles. The Hall–Kier alpha value is -3.71. The second kappa shape index (κ2) is 10.3. The fourth-order valence-corrected chi connectivity index (χ4v) is 4.73. The summed E-state index contributed by atoms with van der Waals surface area (Å²) in [4.78, 5) is 26.3. The summed E-state index contributed by atoms with van der Waals surface area (Å²) >= 11 is 5.42. The summed E-state index contributed by atoms with van der Waals surface area (Å²) < 4.78 is 0. The summed E-state index contributed by atoms with van der Waals surface area (Å²) in [6.45, 7) is 5.86. The van der Waals surface area contributed by atoms with Crippen LogP contribution in [0, 0.1) is 6.92 Å². The molecule has 1 unspecified atom stereocenters. The molecule has 7 heteroatoms. The summed E-state index contributed by atoms with van der Waals surface area (Å²) in [6, 6.07) is 20.5. The van der Waals surface area contributed by atoms with E-state index < -0.39 is 12.0 Å².